The Kier molecular flexibility index (Phi) is 4.38. The highest BCUT2D eigenvalue weighted by Gasteiger charge is 2.79. The van der Waals surface area contributed by atoms with E-state index in [0.29, 0.717) is 25.7 Å². The molecule has 0 aromatic heterocycles. The first-order valence-corrected chi connectivity index (χ1v) is 7.68. The highest BCUT2D eigenvalue weighted by atomic mass is 19.3. The summed E-state index contributed by atoms with van der Waals surface area (Å²) in [6, 6.07) is 0. The van der Waals surface area contributed by atoms with Crippen LogP contribution in [0.4, 0.5) is 8.78 Å². The summed E-state index contributed by atoms with van der Waals surface area (Å²) < 4.78 is 27.8. The first-order valence-electron chi connectivity index (χ1n) is 7.68. The quantitative estimate of drug-likeness (QED) is 0.790. The summed E-state index contributed by atoms with van der Waals surface area (Å²) in [5.41, 5.74) is -0.827. The molecule has 2 fully saturated rings. The zero-order valence-corrected chi connectivity index (χ0v) is 12.3. The molecule has 3 atom stereocenters. The van der Waals surface area contributed by atoms with Gasteiger partial charge in [-0.1, -0.05) is 26.7 Å². The third-order valence-corrected chi connectivity index (χ3v) is 5.21. The van der Waals surface area contributed by atoms with Crippen molar-refractivity contribution >= 4 is 5.91 Å². The van der Waals surface area contributed by atoms with Crippen molar-refractivity contribution in [3.8, 4) is 0 Å². The van der Waals surface area contributed by atoms with Crippen LogP contribution in [0.3, 0.4) is 0 Å². The predicted octanol–water partition coefficient (Wildman–Crippen LogP) is 2.73. The molecule has 2 aliphatic rings. The number of rotatable bonds is 6. The van der Waals surface area contributed by atoms with E-state index in [9.17, 15) is 18.7 Å². The minimum absolute atomic E-state index is 0.0679. The predicted molar refractivity (Wildman–Crippen MR) is 72.4 cm³/mol. The van der Waals surface area contributed by atoms with Gasteiger partial charge >= 0.3 is 0 Å². The van der Waals surface area contributed by atoms with Crippen LogP contribution in [0, 0.1) is 17.3 Å². The normalized spacial score (nSPS) is 29.1. The van der Waals surface area contributed by atoms with E-state index in [-0.39, 0.29) is 18.4 Å². The lowest BCUT2D eigenvalue weighted by atomic mass is 10.00. The zero-order valence-electron chi connectivity index (χ0n) is 12.3. The standard InChI is InChI=1S/C15H25F2NO2/c1-3-11(19)8-10(2)13(20)18-9-12-14(15(12,16)17)6-4-5-7-14/h10-12,19H,3-9H2,1-2H3,(H,18,20). The van der Waals surface area contributed by atoms with Crippen molar-refractivity contribution in [3.63, 3.8) is 0 Å². The third-order valence-electron chi connectivity index (χ3n) is 5.21. The van der Waals surface area contributed by atoms with E-state index in [2.05, 4.69) is 5.32 Å². The van der Waals surface area contributed by atoms with Crippen molar-refractivity contribution in [2.75, 3.05) is 6.54 Å². The molecular weight excluding hydrogens is 264 g/mol. The molecule has 3 unspecified atom stereocenters. The van der Waals surface area contributed by atoms with Crippen molar-refractivity contribution in [2.24, 2.45) is 17.3 Å². The molecule has 0 aliphatic heterocycles. The zero-order chi connectivity index (χ0) is 15.0. The SMILES string of the molecule is CCC(O)CC(C)C(=O)NCC1C(F)(F)C12CCCC2. The lowest BCUT2D eigenvalue weighted by Crippen LogP contribution is -2.33. The molecule has 0 heterocycles. The highest BCUT2D eigenvalue weighted by molar-refractivity contribution is 5.78. The van der Waals surface area contributed by atoms with Crippen LogP contribution in [0.2, 0.25) is 0 Å². The van der Waals surface area contributed by atoms with Crippen molar-refractivity contribution in [3.05, 3.63) is 0 Å². The van der Waals surface area contributed by atoms with Crippen molar-refractivity contribution in [2.45, 2.75) is 64.4 Å². The number of carbonyl (C=O) groups excluding carboxylic acids is 1. The Bertz CT molecular complexity index is 367. The van der Waals surface area contributed by atoms with E-state index in [1.807, 2.05) is 6.92 Å². The van der Waals surface area contributed by atoms with Crippen LogP contribution in [0.25, 0.3) is 0 Å². The highest BCUT2D eigenvalue weighted by Crippen LogP contribution is 2.72. The fourth-order valence-electron chi connectivity index (χ4n) is 3.66. The Labute approximate surface area is 119 Å². The first-order chi connectivity index (χ1) is 9.35. The second-order valence-corrected chi connectivity index (χ2v) is 6.48. The number of nitrogens with one attached hydrogen (secondary N) is 1. The maximum atomic E-state index is 13.9. The molecule has 0 radical (unpaired) electrons. The van der Waals surface area contributed by atoms with E-state index in [1.54, 1.807) is 6.92 Å². The molecule has 3 nitrogen and oxygen atoms in total. The number of alkyl halides is 2. The average Bonchev–Trinajstić information content (AvgIpc) is 2.75. The van der Waals surface area contributed by atoms with E-state index in [4.69, 9.17) is 0 Å². The second kappa shape index (κ2) is 5.58. The monoisotopic (exact) mass is 289 g/mol. The summed E-state index contributed by atoms with van der Waals surface area (Å²) in [5, 5.41) is 12.2. The molecule has 2 rings (SSSR count). The Hall–Kier alpha value is -0.710. The Morgan fingerprint density at radius 2 is 2.00 bits per heavy atom. The van der Waals surface area contributed by atoms with Crippen LogP contribution in [-0.2, 0) is 4.79 Å². The van der Waals surface area contributed by atoms with Crippen LogP contribution in [0.1, 0.15) is 52.4 Å². The number of carbonyl (C=O) groups is 1. The number of halogens is 2. The Morgan fingerprint density at radius 3 is 2.55 bits per heavy atom. The van der Waals surface area contributed by atoms with Crippen LogP contribution in [-0.4, -0.2) is 29.6 Å². The van der Waals surface area contributed by atoms with Crippen LogP contribution in [0.5, 0.6) is 0 Å². The lowest BCUT2D eigenvalue weighted by molar-refractivity contribution is -0.125. The summed E-state index contributed by atoms with van der Waals surface area (Å²) >= 11 is 0. The van der Waals surface area contributed by atoms with E-state index >= 15 is 0 Å². The van der Waals surface area contributed by atoms with Gasteiger partial charge in [-0.2, -0.15) is 0 Å². The molecule has 1 amide bonds. The fourth-order valence-corrected chi connectivity index (χ4v) is 3.66. The maximum Gasteiger partial charge on any atom is 0.259 e. The topological polar surface area (TPSA) is 49.3 Å². The van der Waals surface area contributed by atoms with Crippen molar-refractivity contribution < 1.29 is 18.7 Å². The smallest absolute Gasteiger partial charge is 0.259 e. The molecule has 1 spiro atoms. The number of hydrogen-bond donors (Lipinski definition) is 2. The molecule has 2 aliphatic carbocycles. The average molecular weight is 289 g/mol. The van der Waals surface area contributed by atoms with Gasteiger partial charge in [-0.05, 0) is 25.7 Å². The molecule has 0 aromatic rings. The number of amides is 1. The molecule has 116 valence electrons. The molecule has 20 heavy (non-hydrogen) atoms. The summed E-state index contributed by atoms with van der Waals surface area (Å²) in [4.78, 5) is 11.9. The van der Waals surface area contributed by atoms with Gasteiger partial charge in [-0.25, -0.2) is 8.78 Å². The van der Waals surface area contributed by atoms with Crippen molar-refractivity contribution in [1.82, 2.24) is 5.32 Å². The minimum atomic E-state index is -2.61. The molecule has 0 bridgehead atoms. The first kappa shape index (κ1) is 15.7. The van der Waals surface area contributed by atoms with Crippen molar-refractivity contribution in [1.29, 1.82) is 0 Å². The summed E-state index contributed by atoms with van der Waals surface area (Å²) in [7, 11) is 0. The van der Waals surface area contributed by atoms with Crippen LogP contribution >= 0.6 is 0 Å². The Balaban J connectivity index is 1.80. The lowest BCUT2D eigenvalue weighted by Gasteiger charge is -2.15. The molecule has 2 N–H and O–H groups in total. The molecule has 0 saturated heterocycles. The number of aliphatic hydroxyl groups excluding tert-OH is 1. The van der Waals surface area contributed by atoms with Gasteiger partial charge in [0.15, 0.2) is 0 Å². The fraction of sp³-hybridized carbons (Fsp3) is 0.933. The largest absolute Gasteiger partial charge is 0.393 e. The van der Waals surface area contributed by atoms with Crippen LogP contribution in [0.15, 0.2) is 0 Å². The molecular formula is C15H25F2NO2. The molecule has 2 saturated carbocycles. The summed E-state index contributed by atoms with van der Waals surface area (Å²) in [6.07, 6.45) is 3.41. The molecule has 0 aromatic carbocycles. The van der Waals surface area contributed by atoms with Gasteiger partial charge in [0, 0.05) is 17.9 Å². The third kappa shape index (κ3) is 2.57. The molecule has 5 heteroatoms. The van der Waals surface area contributed by atoms with Gasteiger partial charge in [-0.15, -0.1) is 0 Å². The summed E-state index contributed by atoms with van der Waals surface area (Å²) in [6.45, 7) is 3.65. The minimum Gasteiger partial charge on any atom is -0.393 e. The van der Waals surface area contributed by atoms with Gasteiger partial charge in [0.2, 0.25) is 5.91 Å². The number of hydrogen-bond acceptors (Lipinski definition) is 2. The van der Waals surface area contributed by atoms with Gasteiger partial charge in [-0.3, -0.25) is 4.79 Å². The Morgan fingerprint density at radius 1 is 1.40 bits per heavy atom. The van der Waals surface area contributed by atoms with Gasteiger partial charge < -0.3 is 10.4 Å². The maximum absolute atomic E-state index is 13.9. The van der Waals surface area contributed by atoms with Crippen LogP contribution < -0.4 is 5.32 Å². The second-order valence-electron chi connectivity index (χ2n) is 6.48. The van der Waals surface area contributed by atoms with E-state index < -0.39 is 23.4 Å². The van der Waals surface area contributed by atoms with Gasteiger partial charge in [0.1, 0.15) is 0 Å². The number of aliphatic hydroxyl groups is 1. The summed E-state index contributed by atoms with van der Waals surface area (Å²) in [5.74, 6) is -3.86. The van der Waals surface area contributed by atoms with E-state index in [1.165, 1.54) is 0 Å². The van der Waals surface area contributed by atoms with E-state index in [0.717, 1.165) is 12.8 Å². The van der Waals surface area contributed by atoms with Gasteiger partial charge in [0.05, 0.1) is 12.0 Å². The van der Waals surface area contributed by atoms with Gasteiger partial charge in [0.25, 0.3) is 5.92 Å².